The van der Waals surface area contributed by atoms with Crippen molar-refractivity contribution in [3.8, 4) is 11.3 Å². The largest absolute Gasteiger partial charge is 0.465 e. The molecule has 1 saturated heterocycles. The molecule has 1 aromatic heterocycles. The summed E-state index contributed by atoms with van der Waals surface area (Å²) in [6, 6.07) is 22.7. The molecule has 0 radical (unpaired) electrons. The van der Waals surface area contributed by atoms with Gasteiger partial charge < -0.3 is 20.1 Å². The highest BCUT2D eigenvalue weighted by atomic mass is 32.2. The Balaban J connectivity index is 1.16. The molecule has 2 heterocycles. The standard InChI is InChI=1S/C33H30N4O6S2/c1-42-31(40)24-13-11-23(12-14-24)30-37(33(41)43-17-20-5-3-2-4-6-20)27(19-44-30)29(39)36-32-35-26(18-45-32)21-7-9-22(10-8-21)28(38)34-25-15-16-25/h2-14,18,25,27,30H,15-17,19H2,1H3,(H,34,38)(H,35,36,39)/t27?,30-/m1/s1. The summed E-state index contributed by atoms with van der Waals surface area (Å²) in [7, 11) is 1.31. The molecule has 0 bridgehead atoms. The van der Waals surface area contributed by atoms with Gasteiger partial charge in [0.05, 0.1) is 18.4 Å². The lowest BCUT2D eigenvalue weighted by Crippen LogP contribution is -2.45. The predicted octanol–water partition coefficient (Wildman–Crippen LogP) is 5.88. The van der Waals surface area contributed by atoms with Crippen molar-refractivity contribution in [2.75, 3.05) is 18.2 Å². The molecular weight excluding hydrogens is 613 g/mol. The molecule has 0 spiro atoms. The first-order valence-electron chi connectivity index (χ1n) is 14.4. The number of esters is 1. The van der Waals surface area contributed by atoms with Crippen molar-refractivity contribution >= 4 is 52.1 Å². The number of hydrogen-bond acceptors (Lipinski definition) is 9. The molecule has 6 rings (SSSR count). The van der Waals surface area contributed by atoms with E-state index in [9.17, 15) is 19.2 Å². The first-order valence-corrected chi connectivity index (χ1v) is 16.3. The molecule has 4 aromatic rings. The van der Waals surface area contributed by atoms with Crippen molar-refractivity contribution in [2.45, 2.75) is 36.9 Å². The second kappa shape index (κ2) is 13.5. The zero-order chi connectivity index (χ0) is 31.3. The van der Waals surface area contributed by atoms with Gasteiger partial charge in [0.2, 0.25) is 5.91 Å². The fourth-order valence-electron chi connectivity index (χ4n) is 4.82. The molecule has 2 atom stereocenters. The second-order valence-electron chi connectivity index (χ2n) is 10.6. The maximum Gasteiger partial charge on any atom is 0.412 e. The number of nitrogens with one attached hydrogen (secondary N) is 2. The number of carbonyl (C=O) groups excluding carboxylic acids is 4. The lowest BCUT2D eigenvalue weighted by molar-refractivity contribution is -0.120. The summed E-state index contributed by atoms with van der Waals surface area (Å²) in [5.41, 5.74) is 4.00. The first kappa shape index (κ1) is 30.4. The van der Waals surface area contributed by atoms with Crippen LogP contribution in [0.25, 0.3) is 11.3 Å². The van der Waals surface area contributed by atoms with Gasteiger partial charge in [0.15, 0.2) is 5.13 Å². The molecule has 2 aliphatic rings. The smallest absolute Gasteiger partial charge is 0.412 e. The molecule has 230 valence electrons. The van der Waals surface area contributed by atoms with Crippen LogP contribution in [0.3, 0.4) is 0 Å². The Kier molecular flexibility index (Phi) is 9.13. The summed E-state index contributed by atoms with van der Waals surface area (Å²) in [4.78, 5) is 57.4. The van der Waals surface area contributed by atoms with Crippen LogP contribution in [0.2, 0.25) is 0 Å². The summed E-state index contributed by atoms with van der Waals surface area (Å²) >= 11 is 2.70. The van der Waals surface area contributed by atoms with Crippen LogP contribution >= 0.6 is 23.1 Å². The predicted molar refractivity (Wildman–Crippen MR) is 172 cm³/mol. The molecule has 2 N–H and O–H groups in total. The molecule has 12 heteroatoms. The van der Waals surface area contributed by atoms with Crippen LogP contribution in [0.5, 0.6) is 0 Å². The van der Waals surface area contributed by atoms with Gasteiger partial charge in [-0.1, -0.05) is 54.6 Å². The third-order valence-electron chi connectivity index (χ3n) is 7.43. The number of thiazole rings is 1. The van der Waals surface area contributed by atoms with Gasteiger partial charge in [0.25, 0.3) is 5.91 Å². The summed E-state index contributed by atoms with van der Waals surface area (Å²) < 4.78 is 10.5. The van der Waals surface area contributed by atoms with Crippen LogP contribution in [-0.2, 0) is 20.9 Å². The maximum atomic E-state index is 13.6. The highest BCUT2D eigenvalue weighted by Gasteiger charge is 2.43. The van der Waals surface area contributed by atoms with Crippen LogP contribution in [0.15, 0.2) is 84.2 Å². The van der Waals surface area contributed by atoms with Gasteiger partial charge in [0, 0.05) is 28.3 Å². The topological polar surface area (TPSA) is 127 Å². The van der Waals surface area contributed by atoms with Crippen molar-refractivity contribution < 1.29 is 28.7 Å². The van der Waals surface area contributed by atoms with Crippen molar-refractivity contribution in [1.29, 1.82) is 0 Å². The van der Waals surface area contributed by atoms with E-state index in [1.807, 2.05) is 47.8 Å². The summed E-state index contributed by atoms with van der Waals surface area (Å²) in [5, 5.41) is 7.55. The minimum atomic E-state index is -0.833. The van der Waals surface area contributed by atoms with E-state index in [-0.39, 0.29) is 24.5 Å². The van der Waals surface area contributed by atoms with E-state index in [0.29, 0.717) is 27.7 Å². The number of rotatable bonds is 9. The number of amides is 3. The van der Waals surface area contributed by atoms with Crippen molar-refractivity contribution in [1.82, 2.24) is 15.2 Å². The van der Waals surface area contributed by atoms with Gasteiger partial charge in [-0.15, -0.1) is 23.1 Å². The minimum Gasteiger partial charge on any atom is -0.465 e. The van der Waals surface area contributed by atoms with E-state index in [4.69, 9.17) is 9.47 Å². The number of methoxy groups -OCH3 is 1. The summed E-state index contributed by atoms with van der Waals surface area (Å²) in [5.74, 6) is -0.608. The van der Waals surface area contributed by atoms with Crippen LogP contribution in [0, 0.1) is 0 Å². The normalized spacial score (nSPS) is 17.4. The molecule has 45 heavy (non-hydrogen) atoms. The Hall–Kier alpha value is -4.68. The average molecular weight is 643 g/mol. The van der Waals surface area contributed by atoms with Gasteiger partial charge in [-0.2, -0.15) is 0 Å². The van der Waals surface area contributed by atoms with Gasteiger partial charge in [-0.3, -0.25) is 14.5 Å². The van der Waals surface area contributed by atoms with Gasteiger partial charge >= 0.3 is 12.1 Å². The van der Waals surface area contributed by atoms with E-state index in [0.717, 1.165) is 29.5 Å². The molecule has 1 saturated carbocycles. The van der Waals surface area contributed by atoms with Crippen molar-refractivity contribution in [3.05, 3.63) is 106 Å². The van der Waals surface area contributed by atoms with Gasteiger partial charge in [-0.05, 0) is 48.2 Å². The van der Waals surface area contributed by atoms with Crippen molar-refractivity contribution in [2.24, 2.45) is 0 Å². The number of hydrogen-bond donors (Lipinski definition) is 2. The third-order valence-corrected chi connectivity index (χ3v) is 9.51. The van der Waals surface area contributed by atoms with Crippen LogP contribution in [0.4, 0.5) is 9.93 Å². The number of benzene rings is 3. The summed E-state index contributed by atoms with van der Waals surface area (Å²) in [6.07, 6.45) is 1.42. The molecule has 1 aliphatic heterocycles. The molecular formula is C33H30N4O6S2. The zero-order valence-corrected chi connectivity index (χ0v) is 25.9. The van der Waals surface area contributed by atoms with Gasteiger partial charge in [0.1, 0.15) is 18.0 Å². The fraction of sp³-hybridized carbons (Fsp3) is 0.242. The number of nitrogens with zero attached hydrogens (tertiary/aromatic N) is 2. The average Bonchev–Trinajstić information content (AvgIpc) is 3.57. The van der Waals surface area contributed by atoms with E-state index in [1.165, 1.54) is 35.1 Å². The molecule has 1 unspecified atom stereocenters. The summed E-state index contributed by atoms with van der Waals surface area (Å²) in [6.45, 7) is 0.0556. The Labute approximate surface area is 268 Å². The highest BCUT2D eigenvalue weighted by molar-refractivity contribution is 7.99. The van der Waals surface area contributed by atoms with E-state index in [2.05, 4.69) is 15.6 Å². The SMILES string of the molecule is COC(=O)c1ccc([C@H]2SCC(C(=O)Nc3nc(-c4ccc(C(=O)NC5CC5)cc4)cs3)N2C(=O)OCc2ccccc2)cc1. The van der Waals surface area contributed by atoms with Gasteiger partial charge in [-0.25, -0.2) is 14.6 Å². The lowest BCUT2D eigenvalue weighted by atomic mass is 10.1. The van der Waals surface area contributed by atoms with Crippen molar-refractivity contribution in [3.63, 3.8) is 0 Å². The minimum absolute atomic E-state index is 0.0556. The van der Waals surface area contributed by atoms with E-state index >= 15 is 0 Å². The third kappa shape index (κ3) is 7.18. The van der Waals surface area contributed by atoms with E-state index < -0.39 is 23.5 Å². The van der Waals surface area contributed by atoms with Crippen LogP contribution in [-0.4, -0.2) is 58.7 Å². The number of aromatic nitrogens is 1. The molecule has 3 amide bonds. The number of ether oxygens (including phenoxy) is 2. The Bertz CT molecular complexity index is 1690. The number of carbonyl (C=O) groups is 4. The molecule has 10 nitrogen and oxygen atoms in total. The van der Waals surface area contributed by atoms with Crippen LogP contribution in [0.1, 0.15) is 50.1 Å². The number of anilines is 1. The second-order valence-corrected chi connectivity index (χ2v) is 12.6. The van der Waals surface area contributed by atoms with E-state index in [1.54, 1.807) is 36.4 Å². The Morgan fingerprint density at radius 2 is 1.64 bits per heavy atom. The number of thioether (sulfide) groups is 1. The monoisotopic (exact) mass is 642 g/mol. The highest BCUT2D eigenvalue weighted by Crippen LogP contribution is 2.42. The van der Waals surface area contributed by atoms with Crippen LogP contribution < -0.4 is 10.6 Å². The Morgan fingerprint density at radius 3 is 2.33 bits per heavy atom. The molecule has 3 aromatic carbocycles. The fourth-order valence-corrected chi connectivity index (χ4v) is 6.97. The molecule has 1 aliphatic carbocycles. The first-order chi connectivity index (χ1) is 21.9. The quantitative estimate of drug-likeness (QED) is 0.217. The Morgan fingerprint density at radius 1 is 0.933 bits per heavy atom. The lowest BCUT2D eigenvalue weighted by Gasteiger charge is -2.28. The maximum absolute atomic E-state index is 13.6. The zero-order valence-electron chi connectivity index (χ0n) is 24.3. The molecule has 2 fully saturated rings.